The molecule has 1 aromatic heterocycles. The van der Waals surface area contributed by atoms with E-state index < -0.39 is 0 Å². The molecule has 0 radical (unpaired) electrons. The fourth-order valence-electron chi connectivity index (χ4n) is 1.14. The third-order valence-corrected chi connectivity index (χ3v) is 2.99. The predicted molar refractivity (Wildman–Crippen MR) is 56.8 cm³/mol. The molecule has 0 aromatic carbocycles. The van der Waals surface area contributed by atoms with Gasteiger partial charge in [0, 0.05) is 25.8 Å². The Hall–Kier alpha value is -0.740. The molecule has 0 aliphatic carbocycles. The van der Waals surface area contributed by atoms with Crippen molar-refractivity contribution in [3.05, 3.63) is 16.1 Å². The van der Waals surface area contributed by atoms with E-state index in [1.807, 2.05) is 13.8 Å². The number of ether oxygens (including phenoxy) is 1. The first-order chi connectivity index (χ1) is 6.65. The van der Waals surface area contributed by atoms with Gasteiger partial charge in [0.25, 0.3) is 0 Å². The largest absolute Gasteiger partial charge is 0.385 e. The van der Waals surface area contributed by atoms with Gasteiger partial charge in [-0.05, 0) is 13.3 Å². The molecule has 0 aliphatic heterocycles. The zero-order chi connectivity index (χ0) is 10.6. The van der Waals surface area contributed by atoms with Gasteiger partial charge in [0.05, 0.1) is 9.88 Å². The van der Waals surface area contributed by atoms with Crippen LogP contribution in [0.5, 0.6) is 0 Å². The predicted octanol–water partition coefficient (Wildman–Crippen LogP) is 2.31. The molecule has 78 valence electrons. The van der Waals surface area contributed by atoms with E-state index in [-0.39, 0.29) is 11.7 Å². The zero-order valence-corrected chi connectivity index (χ0v) is 9.56. The summed E-state index contributed by atoms with van der Waals surface area (Å²) in [6.07, 6.45) is 2.43. The summed E-state index contributed by atoms with van der Waals surface area (Å²) in [5.41, 5.74) is 0. The van der Waals surface area contributed by atoms with Gasteiger partial charge < -0.3 is 4.74 Å². The zero-order valence-electron chi connectivity index (χ0n) is 8.74. The first kappa shape index (κ1) is 11.3. The van der Waals surface area contributed by atoms with E-state index in [4.69, 9.17) is 4.74 Å². The summed E-state index contributed by atoms with van der Waals surface area (Å²) in [6.45, 7) is 4.46. The van der Waals surface area contributed by atoms with Crippen LogP contribution < -0.4 is 0 Å². The van der Waals surface area contributed by atoms with Gasteiger partial charge in [0.2, 0.25) is 0 Å². The van der Waals surface area contributed by atoms with E-state index in [9.17, 15) is 4.79 Å². The highest BCUT2D eigenvalue weighted by molar-refractivity contribution is 7.13. The third-order valence-electron chi connectivity index (χ3n) is 2.07. The molecular formula is C10H15NO2S. The van der Waals surface area contributed by atoms with E-state index in [0.29, 0.717) is 6.61 Å². The second kappa shape index (κ2) is 5.22. The third kappa shape index (κ3) is 2.89. The standard InChI is InChI=1S/C10H15NO2S/c1-7(4-5-13-3)10(12)9-6-11-8(2)14-9/h6-7H,4-5H2,1-3H3. The average molecular weight is 213 g/mol. The summed E-state index contributed by atoms with van der Waals surface area (Å²) < 4.78 is 4.94. The number of thiazole rings is 1. The maximum Gasteiger partial charge on any atom is 0.177 e. The number of aryl methyl sites for hydroxylation is 1. The molecule has 0 amide bonds. The van der Waals surface area contributed by atoms with Crippen LogP contribution in [0.4, 0.5) is 0 Å². The van der Waals surface area contributed by atoms with Crippen LogP contribution in [0.1, 0.15) is 28.0 Å². The van der Waals surface area contributed by atoms with Crippen LogP contribution in [0, 0.1) is 12.8 Å². The van der Waals surface area contributed by atoms with Crippen molar-refractivity contribution in [1.29, 1.82) is 0 Å². The summed E-state index contributed by atoms with van der Waals surface area (Å²) in [5.74, 6) is 0.197. The van der Waals surface area contributed by atoms with E-state index in [2.05, 4.69) is 4.98 Å². The van der Waals surface area contributed by atoms with Crippen molar-refractivity contribution in [1.82, 2.24) is 4.98 Å². The smallest absolute Gasteiger partial charge is 0.177 e. The molecule has 1 atom stereocenters. The number of ketones is 1. The van der Waals surface area contributed by atoms with Gasteiger partial charge in [-0.2, -0.15) is 0 Å². The van der Waals surface area contributed by atoms with Crippen LogP contribution in [-0.2, 0) is 4.74 Å². The Kier molecular flexibility index (Phi) is 4.22. The maximum absolute atomic E-state index is 11.8. The molecule has 0 saturated carbocycles. The number of hydrogen-bond acceptors (Lipinski definition) is 4. The number of methoxy groups -OCH3 is 1. The number of rotatable bonds is 5. The Labute approximate surface area is 88.1 Å². The van der Waals surface area contributed by atoms with Gasteiger partial charge in [0.1, 0.15) is 0 Å². The topological polar surface area (TPSA) is 39.2 Å². The highest BCUT2D eigenvalue weighted by Crippen LogP contribution is 2.18. The summed E-state index contributed by atoms with van der Waals surface area (Å²) in [6, 6.07) is 0. The fraction of sp³-hybridized carbons (Fsp3) is 0.600. The first-order valence-electron chi connectivity index (χ1n) is 4.60. The van der Waals surface area contributed by atoms with Crippen molar-refractivity contribution in [3.63, 3.8) is 0 Å². The molecule has 0 saturated heterocycles. The van der Waals surface area contributed by atoms with Gasteiger partial charge in [-0.25, -0.2) is 4.98 Å². The molecule has 0 bridgehead atoms. The minimum absolute atomic E-state index is 0.0230. The molecular weight excluding hydrogens is 198 g/mol. The molecule has 1 unspecified atom stereocenters. The summed E-state index contributed by atoms with van der Waals surface area (Å²) in [5, 5.41) is 0.937. The Balaban J connectivity index is 2.56. The number of Topliss-reactive ketones (excluding diaryl/α,β-unsaturated/α-hetero) is 1. The molecule has 0 spiro atoms. The highest BCUT2D eigenvalue weighted by Gasteiger charge is 2.16. The SMILES string of the molecule is COCCC(C)C(=O)c1cnc(C)s1. The highest BCUT2D eigenvalue weighted by atomic mass is 32.1. The van der Waals surface area contributed by atoms with Gasteiger partial charge in [0.15, 0.2) is 5.78 Å². The van der Waals surface area contributed by atoms with Crippen molar-refractivity contribution in [3.8, 4) is 0 Å². The number of carbonyl (C=O) groups excluding carboxylic acids is 1. The molecule has 0 N–H and O–H groups in total. The quantitative estimate of drug-likeness (QED) is 0.704. The molecule has 4 heteroatoms. The Morgan fingerprint density at radius 2 is 2.43 bits per heavy atom. The van der Waals surface area contributed by atoms with Crippen LogP contribution in [0.3, 0.4) is 0 Å². The normalized spacial score (nSPS) is 12.8. The molecule has 3 nitrogen and oxygen atoms in total. The Morgan fingerprint density at radius 3 is 2.93 bits per heavy atom. The van der Waals surface area contributed by atoms with E-state index in [1.165, 1.54) is 11.3 Å². The molecule has 1 rings (SSSR count). The number of nitrogens with zero attached hydrogens (tertiary/aromatic N) is 1. The van der Waals surface area contributed by atoms with E-state index in [0.717, 1.165) is 16.3 Å². The number of aromatic nitrogens is 1. The molecule has 1 aromatic rings. The second-order valence-corrected chi connectivity index (χ2v) is 4.53. The van der Waals surface area contributed by atoms with Crippen LogP contribution in [0.15, 0.2) is 6.20 Å². The molecule has 0 aliphatic rings. The summed E-state index contributed by atoms with van der Waals surface area (Å²) in [4.78, 5) is 16.6. The Bertz CT molecular complexity index is 309. The van der Waals surface area contributed by atoms with Crippen LogP contribution in [0.2, 0.25) is 0 Å². The molecule has 1 heterocycles. The second-order valence-electron chi connectivity index (χ2n) is 3.29. The van der Waals surface area contributed by atoms with Gasteiger partial charge in [-0.1, -0.05) is 6.92 Å². The lowest BCUT2D eigenvalue weighted by molar-refractivity contribution is 0.0897. The average Bonchev–Trinajstić information content (AvgIpc) is 2.60. The molecule has 14 heavy (non-hydrogen) atoms. The van der Waals surface area contributed by atoms with Crippen LogP contribution in [-0.4, -0.2) is 24.5 Å². The number of hydrogen-bond donors (Lipinski definition) is 0. The van der Waals surface area contributed by atoms with Gasteiger partial charge in [-0.3, -0.25) is 4.79 Å². The van der Waals surface area contributed by atoms with Crippen molar-refractivity contribution in [2.45, 2.75) is 20.3 Å². The minimum Gasteiger partial charge on any atom is -0.385 e. The van der Waals surface area contributed by atoms with Crippen molar-refractivity contribution < 1.29 is 9.53 Å². The van der Waals surface area contributed by atoms with E-state index >= 15 is 0 Å². The van der Waals surface area contributed by atoms with Gasteiger partial charge >= 0.3 is 0 Å². The van der Waals surface area contributed by atoms with Crippen molar-refractivity contribution in [2.75, 3.05) is 13.7 Å². The lowest BCUT2D eigenvalue weighted by Crippen LogP contribution is -2.12. The lowest BCUT2D eigenvalue weighted by atomic mass is 10.0. The summed E-state index contributed by atoms with van der Waals surface area (Å²) >= 11 is 1.46. The number of carbonyl (C=O) groups is 1. The lowest BCUT2D eigenvalue weighted by Gasteiger charge is -2.06. The van der Waals surface area contributed by atoms with Crippen LogP contribution in [0.25, 0.3) is 0 Å². The minimum atomic E-state index is 0.0230. The first-order valence-corrected chi connectivity index (χ1v) is 5.42. The maximum atomic E-state index is 11.8. The summed E-state index contributed by atoms with van der Waals surface area (Å²) in [7, 11) is 1.65. The van der Waals surface area contributed by atoms with Crippen molar-refractivity contribution >= 4 is 17.1 Å². The van der Waals surface area contributed by atoms with Crippen LogP contribution >= 0.6 is 11.3 Å². The monoisotopic (exact) mass is 213 g/mol. The molecule has 0 fully saturated rings. The fourth-order valence-corrected chi connectivity index (χ4v) is 1.97. The Morgan fingerprint density at radius 1 is 1.71 bits per heavy atom. The van der Waals surface area contributed by atoms with Gasteiger partial charge in [-0.15, -0.1) is 11.3 Å². The van der Waals surface area contributed by atoms with Crippen molar-refractivity contribution in [2.24, 2.45) is 5.92 Å². The van der Waals surface area contributed by atoms with E-state index in [1.54, 1.807) is 13.3 Å².